The lowest BCUT2D eigenvalue weighted by molar-refractivity contribution is -0.0264. The summed E-state index contributed by atoms with van der Waals surface area (Å²) >= 11 is 12.8. The molecule has 0 spiro atoms. The normalized spacial score (nSPS) is 14.8. The quantitative estimate of drug-likeness (QED) is 0.149. The van der Waals surface area contributed by atoms with E-state index in [0.29, 0.717) is 54.8 Å². The largest absolute Gasteiger partial charge is 0.412 e. The van der Waals surface area contributed by atoms with Gasteiger partial charge in [0.15, 0.2) is 0 Å². The van der Waals surface area contributed by atoms with Crippen molar-refractivity contribution in [3.63, 3.8) is 0 Å². The summed E-state index contributed by atoms with van der Waals surface area (Å²) in [5.74, 6) is 0.00588. The van der Waals surface area contributed by atoms with Gasteiger partial charge >= 0.3 is 0 Å². The molecule has 0 radical (unpaired) electrons. The summed E-state index contributed by atoms with van der Waals surface area (Å²) in [6.45, 7) is 4.35. The highest BCUT2D eigenvalue weighted by Gasteiger charge is 2.34. The van der Waals surface area contributed by atoms with Crippen LogP contribution in [0.1, 0.15) is 52.2 Å². The van der Waals surface area contributed by atoms with Crippen molar-refractivity contribution in [2.75, 3.05) is 39.3 Å². The highest BCUT2D eigenvalue weighted by atomic mass is 35.5. The molecule has 1 heterocycles. The van der Waals surface area contributed by atoms with Gasteiger partial charge in [-0.05, 0) is 66.8 Å². The molecule has 0 aliphatic carbocycles. The molecule has 3 N–H and O–H groups in total. The smallest absolute Gasteiger partial charge is 0.253 e. The van der Waals surface area contributed by atoms with Crippen molar-refractivity contribution in [1.82, 2.24) is 9.80 Å². The number of ether oxygens (including phenoxy) is 1. The van der Waals surface area contributed by atoms with E-state index in [9.17, 15) is 9.90 Å². The second-order valence-electron chi connectivity index (χ2n) is 11.6. The number of halogens is 3. The average Bonchev–Trinajstić information content (AvgIpc) is 3.07. The summed E-state index contributed by atoms with van der Waals surface area (Å²) in [7, 11) is 0. The van der Waals surface area contributed by atoms with Crippen molar-refractivity contribution in [2.24, 2.45) is 0 Å². The Labute approximate surface area is 288 Å². The maximum absolute atomic E-state index is 13.8. The zero-order valence-electron chi connectivity index (χ0n) is 25.9. The van der Waals surface area contributed by atoms with Gasteiger partial charge in [-0.15, -0.1) is 12.4 Å². The van der Waals surface area contributed by atoms with Crippen molar-refractivity contribution >= 4 is 41.5 Å². The number of hydrogen-bond donors (Lipinski definition) is 1. The van der Waals surface area contributed by atoms with E-state index in [1.165, 1.54) is 0 Å². The van der Waals surface area contributed by atoms with Crippen molar-refractivity contribution in [3.05, 3.63) is 141 Å². The van der Waals surface area contributed by atoms with Crippen LogP contribution >= 0.6 is 35.6 Å². The molecular formula is C37H43Cl3N2O4. The molecule has 6 nitrogen and oxygen atoms in total. The van der Waals surface area contributed by atoms with Crippen LogP contribution in [-0.4, -0.2) is 65.6 Å². The number of nitrogens with zero attached hydrogens (tertiary/aromatic N) is 2. The van der Waals surface area contributed by atoms with Gasteiger partial charge in [0.2, 0.25) is 0 Å². The van der Waals surface area contributed by atoms with Gasteiger partial charge in [-0.1, -0.05) is 108 Å². The lowest BCUT2D eigenvalue weighted by Crippen LogP contribution is -2.43. The second-order valence-corrected chi connectivity index (χ2v) is 12.4. The Balaban J connectivity index is 0.00000288. The Morgan fingerprint density at radius 1 is 0.870 bits per heavy atom. The predicted octanol–water partition coefficient (Wildman–Crippen LogP) is 7.41. The topological polar surface area (TPSA) is 84.5 Å². The minimum Gasteiger partial charge on any atom is -0.412 e. The van der Waals surface area contributed by atoms with Crippen LogP contribution in [0.2, 0.25) is 10.0 Å². The summed E-state index contributed by atoms with van der Waals surface area (Å²) < 4.78 is 6.01. The zero-order chi connectivity index (χ0) is 30.8. The molecule has 1 amide bonds. The third kappa shape index (κ3) is 10.3. The predicted molar refractivity (Wildman–Crippen MR) is 189 cm³/mol. The molecule has 246 valence electrons. The van der Waals surface area contributed by atoms with Gasteiger partial charge in [-0.25, -0.2) is 0 Å². The minimum absolute atomic E-state index is 0. The van der Waals surface area contributed by atoms with E-state index in [-0.39, 0.29) is 29.7 Å². The van der Waals surface area contributed by atoms with Crippen LogP contribution in [-0.2, 0) is 16.9 Å². The number of aliphatic hydroxyl groups is 1. The van der Waals surface area contributed by atoms with Crippen LogP contribution in [0.5, 0.6) is 0 Å². The van der Waals surface area contributed by atoms with Crippen LogP contribution in [0.25, 0.3) is 0 Å². The molecule has 5 rings (SSSR count). The first-order valence-corrected chi connectivity index (χ1v) is 16.1. The number of benzene rings is 4. The Hall–Kier alpha value is -2.94. The van der Waals surface area contributed by atoms with Gasteiger partial charge in [0.05, 0.1) is 28.9 Å². The van der Waals surface area contributed by atoms with Gasteiger partial charge in [-0.3, -0.25) is 4.79 Å². The lowest BCUT2D eigenvalue weighted by atomic mass is 9.84. The fourth-order valence-electron chi connectivity index (χ4n) is 5.90. The van der Waals surface area contributed by atoms with Gasteiger partial charge in [0, 0.05) is 37.7 Å². The summed E-state index contributed by atoms with van der Waals surface area (Å²) in [6, 6.07) is 35.2. The van der Waals surface area contributed by atoms with Crippen molar-refractivity contribution < 1.29 is 20.1 Å². The molecule has 1 fully saturated rings. The van der Waals surface area contributed by atoms with E-state index in [1.54, 1.807) is 0 Å². The summed E-state index contributed by atoms with van der Waals surface area (Å²) in [5, 5.41) is 12.3. The van der Waals surface area contributed by atoms with Crippen LogP contribution in [0.3, 0.4) is 0 Å². The molecule has 4 aromatic rings. The maximum Gasteiger partial charge on any atom is 0.253 e. The molecular weight excluding hydrogens is 643 g/mol. The van der Waals surface area contributed by atoms with Crippen LogP contribution in [0.15, 0.2) is 109 Å². The second kappa shape index (κ2) is 18.4. The monoisotopic (exact) mass is 684 g/mol. The Kier molecular flexibility index (Phi) is 15.0. The minimum atomic E-state index is -0.792. The van der Waals surface area contributed by atoms with Gasteiger partial charge in [-0.2, -0.15) is 0 Å². The Bertz CT molecular complexity index is 1470. The summed E-state index contributed by atoms with van der Waals surface area (Å²) in [6.07, 6.45) is 2.20. The molecule has 4 aromatic carbocycles. The number of carbonyl (C=O) groups is 1. The SMILES string of the molecule is Cl.O.O=C(c1ccccc1)N(CCOCc1ccccc1)CC(CCN1CCC(O)(c2ccccc2)CC1)c1ccc(Cl)c(Cl)c1. The fraction of sp³-hybridized carbons (Fsp3) is 0.324. The van der Waals surface area contributed by atoms with E-state index in [4.69, 9.17) is 27.9 Å². The first-order valence-electron chi connectivity index (χ1n) is 15.3. The molecule has 1 atom stereocenters. The standard InChI is InChI=1S/C37H40Cl2N2O3.ClH.H2O/c38-34-17-16-31(26-35(34)39)32(18-21-40-22-19-37(43,20-23-40)33-14-8-3-9-15-33)27-41(36(42)30-12-6-2-7-13-30)24-25-44-28-29-10-4-1-5-11-29;;/h1-17,26,32,43H,18-25,27-28H2;1H;1H2. The molecule has 0 bridgehead atoms. The average molecular weight is 686 g/mol. The lowest BCUT2D eigenvalue weighted by Gasteiger charge is -2.39. The first kappa shape index (κ1) is 37.5. The van der Waals surface area contributed by atoms with Crippen molar-refractivity contribution in [2.45, 2.75) is 37.4 Å². The van der Waals surface area contributed by atoms with Crippen LogP contribution < -0.4 is 0 Å². The van der Waals surface area contributed by atoms with Crippen molar-refractivity contribution in [1.29, 1.82) is 0 Å². The number of piperidine rings is 1. The van der Waals surface area contributed by atoms with Gasteiger partial charge in [0.25, 0.3) is 5.91 Å². The van der Waals surface area contributed by atoms with E-state index in [1.807, 2.05) is 114 Å². The van der Waals surface area contributed by atoms with E-state index in [2.05, 4.69) is 4.90 Å². The molecule has 46 heavy (non-hydrogen) atoms. The molecule has 1 unspecified atom stereocenters. The molecule has 1 aliphatic rings. The van der Waals surface area contributed by atoms with Gasteiger partial charge < -0.3 is 25.1 Å². The third-order valence-electron chi connectivity index (χ3n) is 8.57. The van der Waals surface area contributed by atoms with E-state index >= 15 is 0 Å². The highest BCUT2D eigenvalue weighted by Crippen LogP contribution is 2.34. The number of likely N-dealkylation sites (tertiary alicyclic amines) is 1. The Morgan fingerprint density at radius 3 is 2.11 bits per heavy atom. The van der Waals surface area contributed by atoms with Crippen molar-refractivity contribution in [3.8, 4) is 0 Å². The molecule has 1 aliphatic heterocycles. The number of hydrogen-bond acceptors (Lipinski definition) is 4. The molecule has 1 saturated heterocycles. The van der Waals surface area contributed by atoms with Gasteiger partial charge in [0.1, 0.15) is 0 Å². The molecule has 0 aromatic heterocycles. The van der Waals surface area contributed by atoms with Crippen LogP contribution in [0.4, 0.5) is 0 Å². The number of rotatable bonds is 13. The first-order chi connectivity index (χ1) is 21.4. The van der Waals surface area contributed by atoms with E-state index < -0.39 is 5.60 Å². The molecule has 0 saturated carbocycles. The zero-order valence-corrected chi connectivity index (χ0v) is 28.2. The number of amides is 1. The third-order valence-corrected chi connectivity index (χ3v) is 9.31. The van der Waals surface area contributed by atoms with Crippen LogP contribution in [0, 0.1) is 0 Å². The molecule has 9 heteroatoms. The maximum atomic E-state index is 13.8. The Morgan fingerprint density at radius 2 is 1.48 bits per heavy atom. The highest BCUT2D eigenvalue weighted by molar-refractivity contribution is 6.42. The summed E-state index contributed by atoms with van der Waals surface area (Å²) in [4.78, 5) is 18.1. The van der Waals surface area contributed by atoms with E-state index in [0.717, 1.165) is 42.7 Å². The summed E-state index contributed by atoms with van der Waals surface area (Å²) in [5.41, 5.74) is 2.99. The fourth-order valence-corrected chi connectivity index (χ4v) is 6.20. The number of carbonyl (C=O) groups excluding carboxylic acids is 1.